The van der Waals surface area contributed by atoms with Gasteiger partial charge in [0, 0.05) is 43.0 Å². The fraction of sp³-hybridized carbons (Fsp3) is 0.611. The quantitative estimate of drug-likeness (QED) is 0.868. The molecule has 23 heavy (non-hydrogen) atoms. The van der Waals surface area contributed by atoms with E-state index in [0.29, 0.717) is 17.9 Å². The van der Waals surface area contributed by atoms with Crippen LogP contribution in [0.3, 0.4) is 0 Å². The lowest BCUT2D eigenvalue weighted by Crippen LogP contribution is -2.39. The number of hydrogen-bond donors (Lipinski definition) is 0. The van der Waals surface area contributed by atoms with Crippen molar-refractivity contribution in [3.8, 4) is 5.82 Å². The molecule has 0 aliphatic carbocycles. The third-order valence-electron chi connectivity index (χ3n) is 4.67. The first kappa shape index (κ1) is 16.1. The van der Waals surface area contributed by atoms with Gasteiger partial charge in [-0.3, -0.25) is 9.55 Å². The lowest BCUT2D eigenvalue weighted by atomic mass is 9.94. The van der Waals surface area contributed by atoms with Crippen LogP contribution in [-0.4, -0.2) is 43.6 Å². The first-order valence-corrected chi connectivity index (χ1v) is 8.66. The van der Waals surface area contributed by atoms with Crippen molar-refractivity contribution in [1.29, 1.82) is 0 Å². The normalized spacial score (nSPS) is 19.7. The molecule has 0 amide bonds. The zero-order valence-corrected chi connectivity index (χ0v) is 14.6. The van der Waals surface area contributed by atoms with Gasteiger partial charge in [0.25, 0.3) is 0 Å². The summed E-state index contributed by atoms with van der Waals surface area (Å²) in [5.41, 5.74) is 1.11. The summed E-state index contributed by atoms with van der Waals surface area (Å²) < 4.78 is 2.06. The minimum absolute atomic E-state index is 0.363. The highest BCUT2D eigenvalue weighted by molar-refractivity contribution is 5.25. The number of imidazole rings is 1. The average Bonchev–Trinajstić information content (AvgIpc) is 3.05. The van der Waals surface area contributed by atoms with Gasteiger partial charge in [0.05, 0.1) is 11.9 Å². The molecule has 1 fully saturated rings. The van der Waals surface area contributed by atoms with Gasteiger partial charge in [-0.1, -0.05) is 13.8 Å². The van der Waals surface area contributed by atoms with E-state index in [9.17, 15) is 0 Å². The van der Waals surface area contributed by atoms with E-state index < -0.39 is 0 Å². The van der Waals surface area contributed by atoms with Gasteiger partial charge in [-0.2, -0.15) is 0 Å². The monoisotopic (exact) mass is 313 g/mol. The molecule has 0 N–H and O–H groups in total. The third kappa shape index (κ3) is 3.44. The maximum Gasteiger partial charge on any atom is 0.156 e. The summed E-state index contributed by atoms with van der Waals surface area (Å²) in [6, 6.07) is 0.593. The van der Waals surface area contributed by atoms with Gasteiger partial charge >= 0.3 is 0 Å². The predicted octanol–water partition coefficient (Wildman–Crippen LogP) is 3.37. The van der Waals surface area contributed by atoms with Gasteiger partial charge in [0.15, 0.2) is 5.82 Å². The highest BCUT2D eigenvalue weighted by atomic mass is 15.2. The molecule has 0 aromatic carbocycles. The molecule has 0 radical (unpaired) electrons. The van der Waals surface area contributed by atoms with Crippen LogP contribution in [0.25, 0.3) is 5.82 Å². The van der Waals surface area contributed by atoms with Crippen molar-refractivity contribution in [2.24, 2.45) is 0 Å². The van der Waals surface area contributed by atoms with Crippen LogP contribution in [0.15, 0.2) is 24.8 Å². The second-order valence-electron chi connectivity index (χ2n) is 7.04. The lowest BCUT2D eigenvalue weighted by molar-refractivity contribution is 0.166. The minimum atomic E-state index is 0.363. The summed E-state index contributed by atoms with van der Waals surface area (Å²) in [5.74, 6) is 2.75. The molecule has 3 heterocycles. The van der Waals surface area contributed by atoms with E-state index in [-0.39, 0.29) is 0 Å². The molecule has 0 spiro atoms. The molecule has 1 saturated heterocycles. The van der Waals surface area contributed by atoms with Crippen LogP contribution in [0.2, 0.25) is 0 Å². The van der Waals surface area contributed by atoms with Crippen molar-refractivity contribution in [2.75, 3.05) is 13.1 Å². The number of likely N-dealkylation sites (tertiary alicyclic amines) is 1. The second kappa shape index (κ2) is 6.79. The Morgan fingerprint density at radius 1 is 1.17 bits per heavy atom. The third-order valence-corrected chi connectivity index (χ3v) is 4.67. The topological polar surface area (TPSA) is 46.8 Å². The summed E-state index contributed by atoms with van der Waals surface area (Å²) in [4.78, 5) is 16.4. The molecule has 1 atom stereocenters. The zero-order valence-electron chi connectivity index (χ0n) is 14.6. The van der Waals surface area contributed by atoms with Crippen LogP contribution in [-0.2, 0) is 0 Å². The SMILES string of the molecule is CC(C)c1nccn1-c1cncc(C2CCCN(C(C)C)C2)n1. The van der Waals surface area contributed by atoms with Gasteiger partial charge in [-0.05, 0) is 33.2 Å². The largest absolute Gasteiger partial charge is 0.300 e. The lowest BCUT2D eigenvalue weighted by Gasteiger charge is -2.35. The Hall–Kier alpha value is -1.75. The number of hydrogen-bond acceptors (Lipinski definition) is 4. The molecule has 1 aliphatic heterocycles. The maximum absolute atomic E-state index is 4.91. The summed E-state index contributed by atoms with van der Waals surface area (Å²) in [6.07, 6.45) is 10.0. The molecule has 5 nitrogen and oxygen atoms in total. The van der Waals surface area contributed by atoms with E-state index in [1.54, 1.807) is 0 Å². The van der Waals surface area contributed by atoms with E-state index >= 15 is 0 Å². The summed E-state index contributed by atoms with van der Waals surface area (Å²) in [5, 5.41) is 0. The molecule has 0 bridgehead atoms. The first-order chi connectivity index (χ1) is 11.1. The molecule has 3 rings (SSSR count). The van der Waals surface area contributed by atoms with Gasteiger partial charge < -0.3 is 4.90 Å². The Morgan fingerprint density at radius 2 is 2.00 bits per heavy atom. The van der Waals surface area contributed by atoms with Gasteiger partial charge in [0.1, 0.15) is 5.82 Å². The average molecular weight is 313 g/mol. The van der Waals surface area contributed by atoms with Crippen molar-refractivity contribution in [3.63, 3.8) is 0 Å². The van der Waals surface area contributed by atoms with E-state index in [1.165, 1.54) is 19.4 Å². The molecular weight excluding hydrogens is 286 g/mol. The fourth-order valence-electron chi connectivity index (χ4n) is 3.34. The van der Waals surface area contributed by atoms with Crippen molar-refractivity contribution in [2.45, 2.75) is 58.4 Å². The highest BCUT2D eigenvalue weighted by Crippen LogP contribution is 2.27. The molecule has 124 valence electrons. The van der Waals surface area contributed by atoms with Crippen LogP contribution >= 0.6 is 0 Å². The molecule has 2 aromatic heterocycles. The van der Waals surface area contributed by atoms with Crippen LogP contribution in [0.4, 0.5) is 0 Å². The Labute approximate surface area is 138 Å². The molecule has 1 aliphatic rings. The molecule has 5 heteroatoms. The number of aromatic nitrogens is 4. The van der Waals surface area contributed by atoms with Crippen molar-refractivity contribution in [3.05, 3.63) is 36.3 Å². The van der Waals surface area contributed by atoms with Crippen molar-refractivity contribution >= 4 is 0 Å². The number of rotatable bonds is 4. The van der Waals surface area contributed by atoms with Crippen LogP contribution < -0.4 is 0 Å². The van der Waals surface area contributed by atoms with Crippen LogP contribution in [0, 0.1) is 0 Å². The Kier molecular flexibility index (Phi) is 4.76. The second-order valence-corrected chi connectivity index (χ2v) is 7.04. The van der Waals surface area contributed by atoms with Crippen molar-refractivity contribution < 1.29 is 0 Å². The van der Waals surface area contributed by atoms with Crippen molar-refractivity contribution in [1.82, 2.24) is 24.4 Å². The number of piperidine rings is 1. The van der Waals surface area contributed by atoms with Crippen LogP contribution in [0.5, 0.6) is 0 Å². The standard InChI is InChI=1S/C18H27N5/c1-13(2)18-20-7-9-23(18)17-11-19-10-16(21-17)15-6-5-8-22(12-15)14(3)4/h7,9-11,13-15H,5-6,8,12H2,1-4H3. The van der Waals surface area contributed by atoms with Crippen LogP contribution in [0.1, 0.15) is 63.9 Å². The summed E-state index contributed by atoms with van der Waals surface area (Å²) in [7, 11) is 0. The zero-order chi connectivity index (χ0) is 16.4. The highest BCUT2D eigenvalue weighted by Gasteiger charge is 2.24. The minimum Gasteiger partial charge on any atom is -0.300 e. The Morgan fingerprint density at radius 3 is 2.74 bits per heavy atom. The summed E-state index contributed by atoms with van der Waals surface area (Å²) >= 11 is 0. The van der Waals surface area contributed by atoms with Gasteiger partial charge in [-0.25, -0.2) is 9.97 Å². The van der Waals surface area contributed by atoms with Gasteiger partial charge in [0.2, 0.25) is 0 Å². The van der Waals surface area contributed by atoms with Gasteiger partial charge in [-0.15, -0.1) is 0 Å². The number of nitrogens with zero attached hydrogens (tertiary/aromatic N) is 5. The Bertz CT molecular complexity index is 646. The molecule has 1 unspecified atom stereocenters. The Balaban J connectivity index is 1.86. The molecule has 2 aromatic rings. The fourth-order valence-corrected chi connectivity index (χ4v) is 3.34. The predicted molar refractivity (Wildman–Crippen MR) is 91.9 cm³/mol. The summed E-state index contributed by atoms with van der Waals surface area (Å²) in [6.45, 7) is 11.1. The molecular formula is C18H27N5. The van der Waals surface area contributed by atoms with E-state index in [4.69, 9.17) is 4.98 Å². The van der Waals surface area contributed by atoms with E-state index in [1.807, 2.05) is 24.8 Å². The maximum atomic E-state index is 4.91. The molecule has 0 saturated carbocycles. The van der Waals surface area contributed by atoms with E-state index in [2.05, 4.69) is 47.1 Å². The van der Waals surface area contributed by atoms with E-state index in [0.717, 1.165) is 23.9 Å². The smallest absolute Gasteiger partial charge is 0.156 e. The first-order valence-electron chi connectivity index (χ1n) is 8.66.